The summed E-state index contributed by atoms with van der Waals surface area (Å²) in [6.07, 6.45) is 3.51. The quantitative estimate of drug-likeness (QED) is 0.619. The lowest BCUT2D eigenvalue weighted by Gasteiger charge is -2.34. The van der Waals surface area contributed by atoms with Gasteiger partial charge in [-0.1, -0.05) is 39.5 Å². The fraction of sp³-hybridized carbons (Fsp3) is 0.458. The smallest absolute Gasteiger partial charge is 0.237 e. The first-order chi connectivity index (χ1) is 14.2. The predicted octanol–water partition coefficient (Wildman–Crippen LogP) is 5.75. The van der Waals surface area contributed by atoms with Crippen LogP contribution >= 0.6 is 11.8 Å². The fourth-order valence-corrected chi connectivity index (χ4v) is 4.76. The van der Waals surface area contributed by atoms with Crippen molar-refractivity contribution in [1.82, 2.24) is 4.98 Å². The van der Waals surface area contributed by atoms with Crippen molar-refractivity contribution in [2.75, 3.05) is 5.32 Å². The number of benzene rings is 1. The number of nitrogens with one attached hydrogen (secondary N) is 1. The highest BCUT2D eigenvalue weighted by Crippen LogP contribution is 2.38. The van der Waals surface area contributed by atoms with E-state index in [1.165, 1.54) is 36.0 Å². The lowest BCUT2D eigenvalue weighted by Crippen LogP contribution is -2.28. The number of hydrogen-bond donors (Lipinski definition) is 1. The molecule has 0 fully saturated rings. The normalized spacial score (nSPS) is 17.0. The highest BCUT2D eigenvalue weighted by Gasteiger charge is 2.30. The number of fused-ring (bicyclic) bond motifs is 1. The number of nitriles is 1. The number of aryl methyl sites for hydroxylation is 1. The Kier molecular flexibility index (Phi) is 6.82. The SMILES string of the molecule is CCC(Sc1nc2c(cc1C#N)CC(C(C)(C)C)CC2)C(=O)Nc1ccc(F)cc1. The molecule has 6 heteroatoms. The van der Waals surface area contributed by atoms with Crippen LogP contribution < -0.4 is 5.32 Å². The van der Waals surface area contributed by atoms with Gasteiger partial charge in [0.05, 0.1) is 10.8 Å². The molecular weight excluding hydrogens is 397 g/mol. The number of anilines is 1. The van der Waals surface area contributed by atoms with Crippen LogP contribution in [0.25, 0.3) is 0 Å². The zero-order valence-electron chi connectivity index (χ0n) is 18.0. The number of rotatable bonds is 5. The third-order valence-corrected chi connectivity index (χ3v) is 7.09. The van der Waals surface area contributed by atoms with Gasteiger partial charge in [-0.3, -0.25) is 4.79 Å². The molecule has 0 spiro atoms. The number of carbonyl (C=O) groups is 1. The Labute approximate surface area is 182 Å². The Hall–Kier alpha value is -2.39. The highest BCUT2D eigenvalue weighted by atomic mass is 32.2. The molecule has 2 aromatic rings. The third-order valence-electron chi connectivity index (χ3n) is 5.73. The average Bonchev–Trinajstić information content (AvgIpc) is 2.71. The summed E-state index contributed by atoms with van der Waals surface area (Å²) in [5.41, 5.74) is 3.51. The summed E-state index contributed by atoms with van der Waals surface area (Å²) in [5.74, 6) is 0.0482. The van der Waals surface area contributed by atoms with Gasteiger partial charge in [-0.05, 0) is 72.9 Å². The van der Waals surface area contributed by atoms with Gasteiger partial charge < -0.3 is 5.32 Å². The van der Waals surface area contributed by atoms with Crippen molar-refractivity contribution < 1.29 is 9.18 Å². The first-order valence-electron chi connectivity index (χ1n) is 10.4. The van der Waals surface area contributed by atoms with E-state index >= 15 is 0 Å². The van der Waals surface area contributed by atoms with Gasteiger partial charge in [-0.15, -0.1) is 0 Å². The lowest BCUT2D eigenvalue weighted by molar-refractivity contribution is -0.115. The number of halogens is 1. The summed E-state index contributed by atoms with van der Waals surface area (Å²) in [7, 11) is 0. The first kappa shape index (κ1) is 22.3. The Morgan fingerprint density at radius 3 is 2.67 bits per heavy atom. The Balaban J connectivity index is 1.78. The molecule has 0 saturated carbocycles. The molecule has 0 radical (unpaired) electrons. The molecule has 4 nitrogen and oxygen atoms in total. The van der Waals surface area contributed by atoms with E-state index in [9.17, 15) is 14.4 Å². The van der Waals surface area contributed by atoms with Crippen LogP contribution in [0.15, 0.2) is 35.4 Å². The molecular formula is C24H28FN3OS. The van der Waals surface area contributed by atoms with E-state index in [1.807, 2.05) is 13.0 Å². The average molecular weight is 426 g/mol. The Morgan fingerprint density at radius 1 is 1.37 bits per heavy atom. The van der Waals surface area contributed by atoms with Gasteiger partial charge in [-0.25, -0.2) is 9.37 Å². The third kappa shape index (κ3) is 5.20. The van der Waals surface area contributed by atoms with E-state index in [4.69, 9.17) is 4.98 Å². The second-order valence-corrected chi connectivity index (χ2v) is 10.1. The molecule has 0 bridgehead atoms. The summed E-state index contributed by atoms with van der Waals surface area (Å²) in [5, 5.41) is 12.7. The van der Waals surface area contributed by atoms with E-state index < -0.39 is 5.25 Å². The first-order valence-corrected chi connectivity index (χ1v) is 11.2. The number of carbonyl (C=O) groups excluding carboxylic acids is 1. The van der Waals surface area contributed by atoms with Crippen LogP contribution in [-0.4, -0.2) is 16.1 Å². The van der Waals surface area contributed by atoms with E-state index in [0.29, 0.717) is 28.6 Å². The molecule has 158 valence electrons. The number of pyridine rings is 1. The summed E-state index contributed by atoms with van der Waals surface area (Å²) in [6, 6.07) is 9.93. The molecule has 30 heavy (non-hydrogen) atoms. The minimum atomic E-state index is -0.390. The van der Waals surface area contributed by atoms with E-state index in [-0.39, 0.29) is 17.1 Å². The summed E-state index contributed by atoms with van der Waals surface area (Å²) < 4.78 is 13.1. The molecule has 0 aliphatic heterocycles. The fourth-order valence-electron chi connectivity index (χ4n) is 3.77. The van der Waals surface area contributed by atoms with Gasteiger partial charge in [0.25, 0.3) is 0 Å². The molecule has 1 aromatic carbocycles. The van der Waals surface area contributed by atoms with Gasteiger partial charge in [0.15, 0.2) is 0 Å². The zero-order valence-corrected chi connectivity index (χ0v) is 18.8. The van der Waals surface area contributed by atoms with Gasteiger partial charge in [0.2, 0.25) is 5.91 Å². The van der Waals surface area contributed by atoms with Gasteiger partial charge in [0.1, 0.15) is 16.9 Å². The number of hydrogen-bond acceptors (Lipinski definition) is 4. The number of thioether (sulfide) groups is 1. The Morgan fingerprint density at radius 2 is 2.07 bits per heavy atom. The van der Waals surface area contributed by atoms with E-state index in [1.54, 1.807) is 0 Å². The standard InChI is InChI=1S/C24H28FN3OS/c1-5-21(22(29)27-19-9-7-18(25)8-10-19)30-23-16(14-26)12-15-13-17(24(2,3)4)6-11-20(15)28-23/h7-10,12,17,21H,5-6,11,13H2,1-4H3,(H,27,29). The molecule has 1 aliphatic carbocycles. The van der Waals surface area contributed by atoms with Crippen LogP contribution in [0.1, 0.15) is 57.4 Å². The van der Waals surface area contributed by atoms with Crippen LogP contribution in [0.3, 0.4) is 0 Å². The maximum atomic E-state index is 13.1. The van der Waals surface area contributed by atoms with Gasteiger partial charge in [0, 0.05) is 11.4 Å². The molecule has 1 amide bonds. The molecule has 3 rings (SSSR count). The van der Waals surface area contributed by atoms with Crippen molar-refractivity contribution in [3.05, 3.63) is 53.0 Å². The summed E-state index contributed by atoms with van der Waals surface area (Å²) in [4.78, 5) is 17.5. The summed E-state index contributed by atoms with van der Waals surface area (Å²) >= 11 is 1.33. The monoisotopic (exact) mass is 425 g/mol. The van der Waals surface area contributed by atoms with Crippen LogP contribution in [0, 0.1) is 28.5 Å². The van der Waals surface area contributed by atoms with Crippen LogP contribution in [0.2, 0.25) is 0 Å². The van der Waals surface area contributed by atoms with Gasteiger partial charge in [-0.2, -0.15) is 5.26 Å². The maximum Gasteiger partial charge on any atom is 0.237 e. The number of nitrogens with zero attached hydrogens (tertiary/aromatic N) is 2. The minimum absolute atomic E-state index is 0.176. The maximum absolute atomic E-state index is 13.1. The van der Waals surface area contributed by atoms with Gasteiger partial charge >= 0.3 is 0 Å². The molecule has 0 saturated heterocycles. The zero-order chi connectivity index (χ0) is 21.9. The van der Waals surface area contributed by atoms with Crippen molar-refractivity contribution in [3.63, 3.8) is 0 Å². The summed E-state index contributed by atoms with van der Waals surface area (Å²) in [6.45, 7) is 8.71. The Bertz CT molecular complexity index is 960. The van der Waals surface area contributed by atoms with Crippen molar-refractivity contribution in [3.8, 4) is 6.07 Å². The van der Waals surface area contributed by atoms with Crippen LogP contribution in [0.4, 0.5) is 10.1 Å². The molecule has 1 N–H and O–H groups in total. The van der Waals surface area contributed by atoms with Crippen molar-refractivity contribution in [2.45, 2.75) is 63.7 Å². The molecule has 2 atom stereocenters. The highest BCUT2D eigenvalue weighted by molar-refractivity contribution is 8.00. The van der Waals surface area contributed by atoms with Crippen LogP contribution in [-0.2, 0) is 17.6 Å². The van der Waals surface area contributed by atoms with Crippen LogP contribution in [0.5, 0.6) is 0 Å². The number of amides is 1. The largest absolute Gasteiger partial charge is 0.325 e. The number of aromatic nitrogens is 1. The van der Waals surface area contributed by atoms with E-state index in [2.05, 4.69) is 32.2 Å². The van der Waals surface area contributed by atoms with Crippen molar-refractivity contribution in [1.29, 1.82) is 5.26 Å². The topological polar surface area (TPSA) is 65.8 Å². The lowest BCUT2D eigenvalue weighted by atomic mass is 9.71. The second kappa shape index (κ2) is 9.18. The molecule has 1 heterocycles. The molecule has 1 aromatic heterocycles. The molecule has 2 unspecified atom stereocenters. The minimum Gasteiger partial charge on any atom is -0.325 e. The van der Waals surface area contributed by atoms with E-state index in [0.717, 1.165) is 30.5 Å². The van der Waals surface area contributed by atoms with Crippen molar-refractivity contribution in [2.24, 2.45) is 11.3 Å². The second-order valence-electron chi connectivity index (χ2n) is 8.88. The predicted molar refractivity (Wildman–Crippen MR) is 119 cm³/mol. The molecule has 1 aliphatic rings. The van der Waals surface area contributed by atoms with Crippen molar-refractivity contribution >= 4 is 23.4 Å².